The predicted octanol–water partition coefficient (Wildman–Crippen LogP) is 3.90. The molecule has 13 nitrogen and oxygen atoms in total. The van der Waals surface area contributed by atoms with Gasteiger partial charge >= 0.3 is 5.97 Å². The van der Waals surface area contributed by atoms with Crippen LogP contribution in [-0.2, 0) is 39.9 Å². The zero-order chi connectivity index (χ0) is 40.4. The smallest absolute Gasteiger partial charge is 0.326 e. The first kappa shape index (κ1) is 46.1. The van der Waals surface area contributed by atoms with Crippen LogP contribution in [0.1, 0.15) is 86.6 Å². The Morgan fingerprint density at radius 2 is 1.66 bits per heavy atom. The van der Waals surface area contributed by atoms with Gasteiger partial charge in [0.05, 0.1) is 42.7 Å². The Labute approximate surface area is 321 Å². The molecule has 1 aliphatic heterocycles. The maximum atomic E-state index is 14.4. The van der Waals surface area contributed by atoms with Gasteiger partial charge in [0, 0.05) is 34.2 Å². The lowest BCUT2D eigenvalue weighted by Crippen LogP contribution is -2.61. The first-order valence-electron chi connectivity index (χ1n) is 18.8. The Morgan fingerprint density at radius 3 is 2.13 bits per heavy atom. The van der Waals surface area contributed by atoms with Gasteiger partial charge < -0.3 is 35.0 Å². The zero-order valence-electron chi connectivity index (χ0n) is 34.3. The molecule has 53 heavy (non-hydrogen) atoms. The number of carboxylic acids is 1. The number of amides is 4. The summed E-state index contributed by atoms with van der Waals surface area (Å²) in [5.74, 6) is -3.03. The summed E-state index contributed by atoms with van der Waals surface area (Å²) in [5, 5.41) is 19.3. The summed E-state index contributed by atoms with van der Waals surface area (Å²) >= 11 is 1.46. The Balaban J connectivity index is 2.30. The second-order valence-corrected chi connectivity index (χ2v) is 17.1. The fraction of sp³-hybridized carbons (Fsp3) is 0.769. The average molecular weight is 766 g/mol. The minimum Gasteiger partial charge on any atom is -0.480 e. The maximum absolute atomic E-state index is 14.4. The molecule has 2 heterocycles. The summed E-state index contributed by atoms with van der Waals surface area (Å²) < 4.78 is 11.9. The van der Waals surface area contributed by atoms with E-state index in [4.69, 9.17) is 9.47 Å². The van der Waals surface area contributed by atoms with Crippen molar-refractivity contribution in [3.8, 4) is 0 Å². The Kier molecular flexibility index (Phi) is 17.9. The van der Waals surface area contributed by atoms with E-state index < -0.39 is 65.6 Å². The van der Waals surface area contributed by atoms with E-state index in [-0.39, 0.29) is 42.4 Å². The highest BCUT2D eigenvalue weighted by Crippen LogP contribution is 2.31. The SMILES string of the molecule is CC[C@H](C)[C@@H]([C@@H](CC(=O)N1CCC[C@H]1[C@H](OC)[C@@H](C)C(=O)N[C@@H](Cc1ccsc1)C(=O)O)OC)N(C)C(=O)[C@@H](NC(=O)[C@H](C(C)C)N(C)C)C(C)(C)C. The molecular weight excluding hydrogens is 699 g/mol. The van der Waals surface area contributed by atoms with E-state index in [0.717, 1.165) is 5.56 Å². The molecule has 0 bridgehead atoms. The quantitative estimate of drug-likeness (QED) is 0.179. The highest BCUT2D eigenvalue weighted by atomic mass is 32.1. The van der Waals surface area contributed by atoms with Gasteiger partial charge in [-0.05, 0) is 66.6 Å². The number of aliphatic carboxylic acids is 1. The lowest BCUT2D eigenvalue weighted by atomic mass is 9.83. The van der Waals surface area contributed by atoms with Gasteiger partial charge in [0.15, 0.2) is 0 Å². The molecule has 1 fully saturated rings. The van der Waals surface area contributed by atoms with Crippen LogP contribution in [-0.4, -0.2) is 134 Å². The lowest BCUT2D eigenvalue weighted by Gasteiger charge is -2.42. The fourth-order valence-electron chi connectivity index (χ4n) is 7.67. The van der Waals surface area contributed by atoms with Gasteiger partial charge in [-0.25, -0.2) is 4.79 Å². The molecule has 1 aromatic rings. The van der Waals surface area contributed by atoms with Crippen molar-refractivity contribution in [2.24, 2.45) is 23.2 Å². The summed E-state index contributed by atoms with van der Waals surface area (Å²) in [6.07, 6.45) is 0.843. The van der Waals surface area contributed by atoms with Crippen molar-refractivity contribution in [1.82, 2.24) is 25.3 Å². The number of carboxylic acid groups (broad SMARTS) is 1. The maximum Gasteiger partial charge on any atom is 0.326 e. The van der Waals surface area contributed by atoms with Crippen LogP contribution >= 0.6 is 11.3 Å². The molecule has 3 N–H and O–H groups in total. The number of likely N-dealkylation sites (N-methyl/N-ethyl adjacent to an activating group) is 2. The Morgan fingerprint density at radius 1 is 1.02 bits per heavy atom. The van der Waals surface area contributed by atoms with Crippen LogP contribution in [0.2, 0.25) is 0 Å². The minimum absolute atomic E-state index is 0.0129. The molecule has 0 aliphatic carbocycles. The van der Waals surface area contributed by atoms with Crippen LogP contribution in [0, 0.1) is 23.2 Å². The summed E-state index contributed by atoms with van der Waals surface area (Å²) in [4.78, 5) is 72.8. The van der Waals surface area contributed by atoms with E-state index in [0.29, 0.717) is 25.8 Å². The number of thiophene rings is 1. The normalized spacial score (nSPS) is 19.5. The fourth-order valence-corrected chi connectivity index (χ4v) is 8.35. The van der Waals surface area contributed by atoms with Crippen LogP contribution < -0.4 is 10.6 Å². The third-order valence-corrected chi connectivity index (χ3v) is 11.5. The highest BCUT2D eigenvalue weighted by Gasteiger charge is 2.44. The number of ether oxygens (including phenoxy) is 2. The van der Waals surface area contributed by atoms with Gasteiger partial charge in [0.25, 0.3) is 0 Å². The molecule has 2 rings (SSSR count). The monoisotopic (exact) mass is 765 g/mol. The number of carbonyl (C=O) groups is 5. The average Bonchev–Trinajstić information content (AvgIpc) is 3.78. The van der Waals surface area contributed by atoms with Crippen molar-refractivity contribution in [2.45, 2.75) is 130 Å². The molecule has 1 saturated heterocycles. The molecule has 302 valence electrons. The molecular formula is C39H67N5O8S. The summed E-state index contributed by atoms with van der Waals surface area (Å²) in [6, 6.07) is -1.43. The van der Waals surface area contributed by atoms with Crippen molar-refractivity contribution < 1.29 is 38.6 Å². The van der Waals surface area contributed by atoms with Crippen molar-refractivity contribution in [2.75, 3.05) is 41.9 Å². The first-order valence-corrected chi connectivity index (χ1v) is 19.8. The second kappa shape index (κ2) is 20.6. The largest absolute Gasteiger partial charge is 0.480 e. The van der Waals surface area contributed by atoms with E-state index in [1.165, 1.54) is 18.4 Å². The van der Waals surface area contributed by atoms with Crippen LogP contribution in [0.15, 0.2) is 16.8 Å². The van der Waals surface area contributed by atoms with Crippen molar-refractivity contribution >= 4 is 40.9 Å². The first-order chi connectivity index (χ1) is 24.7. The molecule has 4 amide bonds. The van der Waals surface area contributed by atoms with Crippen molar-refractivity contribution in [3.63, 3.8) is 0 Å². The van der Waals surface area contributed by atoms with Crippen molar-refractivity contribution in [1.29, 1.82) is 0 Å². The zero-order valence-corrected chi connectivity index (χ0v) is 35.1. The number of hydrogen-bond acceptors (Lipinski definition) is 9. The molecule has 9 atom stereocenters. The Hall–Kier alpha value is -3.07. The van der Waals surface area contributed by atoms with E-state index >= 15 is 0 Å². The molecule has 1 aromatic heterocycles. The highest BCUT2D eigenvalue weighted by molar-refractivity contribution is 7.07. The third-order valence-electron chi connectivity index (χ3n) is 10.7. The number of methoxy groups -OCH3 is 2. The van der Waals surface area contributed by atoms with Crippen LogP contribution in [0.3, 0.4) is 0 Å². The summed E-state index contributed by atoms with van der Waals surface area (Å²) in [7, 11) is 8.45. The third kappa shape index (κ3) is 12.2. The van der Waals surface area contributed by atoms with Gasteiger partial charge in [-0.2, -0.15) is 11.3 Å². The van der Waals surface area contributed by atoms with E-state index in [1.807, 2.05) is 84.3 Å². The molecule has 0 unspecified atom stereocenters. The van der Waals surface area contributed by atoms with Crippen LogP contribution in [0.4, 0.5) is 0 Å². The summed E-state index contributed by atoms with van der Waals surface area (Å²) in [6.45, 7) is 15.9. The van der Waals surface area contributed by atoms with Gasteiger partial charge in [-0.1, -0.05) is 61.8 Å². The predicted molar refractivity (Wildman–Crippen MR) is 207 cm³/mol. The lowest BCUT2D eigenvalue weighted by molar-refractivity contribution is -0.149. The van der Waals surface area contributed by atoms with Crippen molar-refractivity contribution in [3.05, 3.63) is 22.4 Å². The molecule has 0 radical (unpaired) electrons. The number of hydrogen-bond donors (Lipinski definition) is 3. The molecule has 0 spiro atoms. The van der Waals surface area contributed by atoms with Crippen LogP contribution in [0.5, 0.6) is 0 Å². The second-order valence-electron chi connectivity index (χ2n) is 16.3. The topological polar surface area (TPSA) is 158 Å². The van der Waals surface area contributed by atoms with E-state index in [9.17, 15) is 29.1 Å². The summed E-state index contributed by atoms with van der Waals surface area (Å²) in [5.41, 5.74) is 0.215. The van der Waals surface area contributed by atoms with Crippen LogP contribution in [0.25, 0.3) is 0 Å². The molecule has 1 aliphatic rings. The minimum atomic E-state index is -1.13. The Bertz CT molecular complexity index is 1340. The number of rotatable bonds is 20. The standard InChI is InChI=1S/C39H67N5O8S/c1-14-24(4)32(43(11)37(48)34(39(6,7)8)41-36(47)31(23(2)3)42(9)10)29(51-12)21-30(45)44-18-15-16-28(44)33(52-13)25(5)35(46)40-27(38(49)50)20-26-17-19-53-22-26/h17,19,22-25,27-29,31-34H,14-16,18,20-21H2,1-13H3,(H,40,46)(H,41,47)(H,49,50)/t24-,25+,27-,28-,29+,31-,32-,33+,34+/m0/s1. The van der Waals surface area contributed by atoms with Gasteiger partial charge in [0.2, 0.25) is 23.6 Å². The number of nitrogens with zero attached hydrogens (tertiary/aromatic N) is 3. The van der Waals surface area contributed by atoms with Gasteiger partial charge in [-0.3, -0.25) is 24.1 Å². The number of likely N-dealkylation sites (tertiary alicyclic amines) is 1. The molecule has 0 aromatic carbocycles. The molecule has 14 heteroatoms. The van der Waals surface area contributed by atoms with Gasteiger partial charge in [0.1, 0.15) is 12.1 Å². The molecule has 0 saturated carbocycles. The van der Waals surface area contributed by atoms with Gasteiger partial charge in [-0.15, -0.1) is 0 Å². The van der Waals surface area contributed by atoms with E-state index in [2.05, 4.69) is 10.6 Å². The number of carbonyl (C=O) groups excluding carboxylic acids is 4. The number of nitrogens with one attached hydrogen (secondary N) is 2. The van der Waals surface area contributed by atoms with E-state index in [1.54, 1.807) is 30.9 Å².